The van der Waals surface area contributed by atoms with Crippen molar-refractivity contribution >= 4 is 11.8 Å². The largest absolute Gasteiger partial charge is 0.347 e. The number of hydrogen-bond donors (Lipinski definition) is 1. The molecule has 1 fully saturated rings. The van der Waals surface area contributed by atoms with E-state index >= 15 is 0 Å². The molecule has 1 unspecified atom stereocenters. The number of aromatic nitrogens is 2. The van der Waals surface area contributed by atoms with E-state index < -0.39 is 11.7 Å². The molecule has 1 N–H and O–H groups in total. The van der Waals surface area contributed by atoms with Gasteiger partial charge in [0.25, 0.3) is 11.8 Å². The smallest absolute Gasteiger partial charge is 0.257 e. The molecule has 0 saturated carbocycles. The van der Waals surface area contributed by atoms with E-state index in [1.165, 1.54) is 12.1 Å². The predicted octanol–water partition coefficient (Wildman–Crippen LogP) is 3.33. The monoisotopic (exact) mass is 386 g/mol. The fourth-order valence-electron chi connectivity index (χ4n) is 3.70. The number of nitrogens with one attached hydrogen (secondary N) is 1. The van der Waals surface area contributed by atoms with Crippen LogP contribution < -0.4 is 5.32 Å². The zero-order valence-electron chi connectivity index (χ0n) is 16.8. The Kier molecular flexibility index (Phi) is 5.82. The number of amides is 2. The molecule has 6 nitrogen and oxygen atoms in total. The molecular formula is C21H27FN4O2. The first-order valence-corrected chi connectivity index (χ1v) is 9.71. The van der Waals surface area contributed by atoms with Crippen molar-refractivity contribution in [1.82, 2.24) is 20.0 Å². The van der Waals surface area contributed by atoms with E-state index in [0.29, 0.717) is 17.8 Å². The third kappa shape index (κ3) is 3.93. The Morgan fingerprint density at radius 3 is 2.57 bits per heavy atom. The average Bonchev–Trinajstić information content (AvgIpc) is 3.28. The van der Waals surface area contributed by atoms with E-state index in [1.807, 2.05) is 27.7 Å². The van der Waals surface area contributed by atoms with Crippen molar-refractivity contribution in [1.29, 1.82) is 0 Å². The molecular weight excluding hydrogens is 359 g/mol. The van der Waals surface area contributed by atoms with E-state index in [1.54, 1.807) is 27.9 Å². The molecule has 2 aromatic rings. The lowest BCUT2D eigenvalue weighted by Gasteiger charge is -2.30. The van der Waals surface area contributed by atoms with Crippen LogP contribution in [0.25, 0.3) is 0 Å². The first-order valence-electron chi connectivity index (χ1n) is 9.71. The number of aryl methyl sites for hydroxylation is 1. The molecule has 150 valence electrons. The third-order valence-electron chi connectivity index (χ3n) is 5.29. The third-order valence-corrected chi connectivity index (χ3v) is 5.29. The SMILES string of the molecule is Cc1nn(C(C)C)cc1C(=O)N1CCC[C@H]1C(C)NC(=O)c1ccccc1F. The van der Waals surface area contributed by atoms with Crippen molar-refractivity contribution in [2.75, 3.05) is 6.54 Å². The maximum absolute atomic E-state index is 13.9. The molecule has 7 heteroatoms. The summed E-state index contributed by atoms with van der Waals surface area (Å²) in [5, 5.41) is 7.29. The summed E-state index contributed by atoms with van der Waals surface area (Å²) in [6.07, 6.45) is 3.45. The molecule has 0 aliphatic carbocycles. The fraction of sp³-hybridized carbons (Fsp3) is 0.476. The summed E-state index contributed by atoms with van der Waals surface area (Å²) in [5.41, 5.74) is 1.31. The summed E-state index contributed by atoms with van der Waals surface area (Å²) in [6.45, 7) is 8.36. The number of hydrogen-bond acceptors (Lipinski definition) is 3. The van der Waals surface area contributed by atoms with Gasteiger partial charge in [-0.05, 0) is 52.7 Å². The second kappa shape index (κ2) is 8.12. The van der Waals surface area contributed by atoms with Gasteiger partial charge in [0, 0.05) is 24.8 Å². The zero-order chi connectivity index (χ0) is 20.4. The van der Waals surface area contributed by atoms with Crippen LogP contribution in [0.2, 0.25) is 0 Å². The molecule has 1 aromatic heterocycles. The van der Waals surface area contributed by atoms with Crippen LogP contribution in [0.3, 0.4) is 0 Å². The summed E-state index contributed by atoms with van der Waals surface area (Å²) in [7, 11) is 0. The molecule has 0 bridgehead atoms. The van der Waals surface area contributed by atoms with Crippen LogP contribution in [0.15, 0.2) is 30.5 Å². The highest BCUT2D eigenvalue weighted by Gasteiger charge is 2.35. The van der Waals surface area contributed by atoms with Gasteiger partial charge in [-0.1, -0.05) is 12.1 Å². The van der Waals surface area contributed by atoms with Crippen LogP contribution >= 0.6 is 0 Å². The fourth-order valence-corrected chi connectivity index (χ4v) is 3.70. The minimum atomic E-state index is -0.553. The van der Waals surface area contributed by atoms with E-state index in [-0.39, 0.29) is 29.6 Å². The second-order valence-electron chi connectivity index (χ2n) is 7.65. The molecule has 1 saturated heterocycles. The maximum Gasteiger partial charge on any atom is 0.257 e. The first-order chi connectivity index (χ1) is 13.3. The highest BCUT2D eigenvalue weighted by Crippen LogP contribution is 2.24. The molecule has 3 rings (SSSR count). The van der Waals surface area contributed by atoms with Gasteiger partial charge in [-0.25, -0.2) is 4.39 Å². The lowest BCUT2D eigenvalue weighted by molar-refractivity contribution is 0.0692. The Morgan fingerprint density at radius 1 is 1.21 bits per heavy atom. The van der Waals surface area contributed by atoms with Gasteiger partial charge < -0.3 is 10.2 Å². The maximum atomic E-state index is 13.9. The molecule has 2 atom stereocenters. The minimum Gasteiger partial charge on any atom is -0.347 e. The number of likely N-dealkylation sites (tertiary alicyclic amines) is 1. The van der Waals surface area contributed by atoms with Crippen LogP contribution in [0.5, 0.6) is 0 Å². The Bertz CT molecular complexity index is 877. The van der Waals surface area contributed by atoms with E-state index in [9.17, 15) is 14.0 Å². The summed E-state index contributed by atoms with van der Waals surface area (Å²) >= 11 is 0. The number of carbonyl (C=O) groups is 2. The molecule has 2 heterocycles. The van der Waals surface area contributed by atoms with Gasteiger partial charge >= 0.3 is 0 Å². The minimum absolute atomic E-state index is 0.0132. The van der Waals surface area contributed by atoms with Crippen LogP contribution in [0.4, 0.5) is 4.39 Å². The van der Waals surface area contributed by atoms with Crippen molar-refractivity contribution in [3.63, 3.8) is 0 Å². The Balaban J connectivity index is 1.74. The van der Waals surface area contributed by atoms with Gasteiger partial charge in [0.15, 0.2) is 0 Å². The first kappa shape index (κ1) is 20.0. The van der Waals surface area contributed by atoms with Crippen molar-refractivity contribution in [3.8, 4) is 0 Å². The Labute approximate surface area is 164 Å². The Hall–Kier alpha value is -2.70. The predicted molar refractivity (Wildman–Crippen MR) is 105 cm³/mol. The summed E-state index contributed by atoms with van der Waals surface area (Å²) in [6, 6.07) is 5.65. The van der Waals surface area contributed by atoms with Crippen LogP contribution in [-0.4, -0.2) is 45.1 Å². The number of carbonyl (C=O) groups excluding carboxylic acids is 2. The van der Waals surface area contributed by atoms with E-state index in [0.717, 1.165) is 12.8 Å². The molecule has 0 radical (unpaired) electrons. The Morgan fingerprint density at radius 2 is 1.93 bits per heavy atom. The lowest BCUT2D eigenvalue weighted by atomic mass is 10.1. The summed E-state index contributed by atoms with van der Waals surface area (Å²) < 4.78 is 15.7. The zero-order valence-corrected chi connectivity index (χ0v) is 16.8. The quantitative estimate of drug-likeness (QED) is 0.857. The van der Waals surface area contributed by atoms with Crippen LogP contribution in [0, 0.1) is 12.7 Å². The van der Waals surface area contributed by atoms with Gasteiger partial charge in [-0.15, -0.1) is 0 Å². The standard InChI is InChI=1S/C21H27FN4O2/c1-13(2)26-12-17(14(3)24-26)21(28)25-11-7-10-19(25)15(4)23-20(27)16-8-5-6-9-18(16)22/h5-6,8-9,12-13,15,19H,7,10-11H2,1-4H3,(H,23,27)/t15?,19-/m0/s1. The highest BCUT2D eigenvalue weighted by atomic mass is 19.1. The van der Waals surface area contributed by atoms with Crippen molar-refractivity contribution < 1.29 is 14.0 Å². The van der Waals surface area contributed by atoms with E-state index in [2.05, 4.69) is 10.4 Å². The molecule has 1 aliphatic heterocycles. The molecule has 2 amide bonds. The van der Waals surface area contributed by atoms with Crippen molar-refractivity contribution in [2.24, 2.45) is 0 Å². The number of nitrogens with zero attached hydrogens (tertiary/aromatic N) is 3. The summed E-state index contributed by atoms with van der Waals surface area (Å²) in [5.74, 6) is -1.09. The second-order valence-corrected chi connectivity index (χ2v) is 7.65. The lowest BCUT2D eigenvalue weighted by Crippen LogP contribution is -2.49. The van der Waals surface area contributed by atoms with Crippen molar-refractivity contribution in [2.45, 2.75) is 58.7 Å². The molecule has 1 aromatic carbocycles. The number of halogens is 1. The topological polar surface area (TPSA) is 67.2 Å². The number of benzene rings is 1. The molecule has 1 aliphatic rings. The van der Waals surface area contributed by atoms with Crippen LogP contribution in [0.1, 0.15) is 66.1 Å². The van der Waals surface area contributed by atoms with Gasteiger partial charge in [0.2, 0.25) is 0 Å². The van der Waals surface area contributed by atoms with Gasteiger partial charge in [0.1, 0.15) is 5.82 Å². The number of rotatable bonds is 5. The normalized spacial score (nSPS) is 17.8. The molecule has 28 heavy (non-hydrogen) atoms. The van der Waals surface area contributed by atoms with Crippen molar-refractivity contribution in [3.05, 3.63) is 53.1 Å². The summed E-state index contributed by atoms with van der Waals surface area (Å²) in [4.78, 5) is 27.4. The van der Waals surface area contributed by atoms with Gasteiger partial charge in [-0.3, -0.25) is 14.3 Å². The van der Waals surface area contributed by atoms with Crippen LogP contribution in [-0.2, 0) is 0 Å². The van der Waals surface area contributed by atoms with E-state index in [4.69, 9.17) is 0 Å². The van der Waals surface area contributed by atoms with Gasteiger partial charge in [0.05, 0.1) is 22.9 Å². The van der Waals surface area contributed by atoms with Gasteiger partial charge in [-0.2, -0.15) is 5.10 Å². The average molecular weight is 386 g/mol. The molecule has 0 spiro atoms. The highest BCUT2D eigenvalue weighted by molar-refractivity contribution is 5.96.